The third kappa shape index (κ3) is 4.42. The number of hydrogen-bond acceptors (Lipinski definition) is 6. The van der Waals surface area contributed by atoms with Gasteiger partial charge in [-0.15, -0.1) is 0 Å². The Morgan fingerprint density at radius 1 is 1.37 bits per heavy atom. The molecule has 7 nitrogen and oxygen atoms in total. The van der Waals surface area contributed by atoms with E-state index in [-0.39, 0.29) is 13.2 Å². The Morgan fingerprint density at radius 2 is 2.11 bits per heavy atom. The fraction of sp³-hybridized carbons (Fsp3) is 0.474. The lowest BCUT2D eigenvalue weighted by molar-refractivity contribution is -0.149. The Kier molecular flexibility index (Phi) is 6.01. The molecule has 1 saturated carbocycles. The molecule has 1 aromatic heterocycles. The Morgan fingerprint density at radius 3 is 2.81 bits per heavy atom. The van der Waals surface area contributed by atoms with Crippen LogP contribution in [-0.4, -0.2) is 39.8 Å². The first-order valence-corrected chi connectivity index (χ1v) is 10.3. The van der Waals surface area contributed by atoms with Crippen molar-refractivity contribution in [1.82, 2.24) is 14.9 Å². The summed E-state index contributed by atoms with van der Waals surface area (Å²) in [5.74, 6) is 0.520. The summed E-state index contributed by atoms with van der Waals surface area (Å²) in [4.78, 5) is 28.9. The lowest BCUT2D eigenvalue weighted by atomic mass is 10.00. The zero-order valence-electron chi connectivity index (χ0n) is 15.2. The van der Waals surface area contributed by atoms with Crippen LogP contribution in [0.1, 0.15) is 31.5 Å². The second-order valence-electron chi connectivity index (χ2n) is 6.65. The number of esters is 1. The SMILES string of the molecule is CSCc1nc2ccccc2n1CC(=O)OCC(=O)NC1(C#N)CCCC1. The maximum Gasteiger partial charge on any atom is 0.326 e. The number of benzene rings is 1. The largest absolute Gasteiger partial charge is 0.454 e. The second kappa shape index (κ2) is 8.44. The first kappa shape index (κ1) is 19.2. The summed E-state index contributed by atoms with van der Waals surface area (Å²) >= 11 is 1.62. The van der Waals surface area contributed by atoms with Crippen molar-refractivity contribution in [2.24, 2.45) is 0 Å². The molecule has 0 unspecified atom stereocenters. The molecule has 142 valence electrons. The first-order chi connectivity index (χ1) is 13.1. The average molecular weight is 386 g/mol. The Bertz CT molecular complexity index is 881. The van der Waals surface area contributed by atoms with Gasteiger partial charge in [-0.1, -0.05) is 12.1 Å². The minimum Gasteiger partial charge on any atom is -0.454 e. The number of amides is 1. The van der Waals surface area contributed by atoms with Crippen LogP contribution in [0.5, 0.6) is 0 Å². The van der Waals surface area contributed by atoms with E-state index in [1.807, 2.05) is 35.1 Å². The third-order valence-electron chi connectivity index (χ3n) is 4.71. The molecule has 0 saturated heterocycles. The van der Waals surface area contributed by atoms with Gasteiger partial charge in [0.15, 0.2) is 6.61 Å². The second-order valence-corrected chi connectivity index (χ2v) is 7.51. The molecule has 1 amide bonds. The van der Waals surface area contributed by atoms with Crippen molar-refractivity contribution < 1.29 is 14.3 Å². The van der Waals surface area contributed by atoms with Gasteiger partial charge < -0.3 is 14.6 Å². The van der Waals surface area contributed by atoms with Crippen LogP contribution in [0.25, 0.3) is 11.0 Å². The fourth-order valence-electron chi connectivity index (χ4n) is 3.41. The van der Waals surface area contributed by atoms with E-state index in [4.69, 9.17) is 4.74 Å². The molecule has 2 aromatic rings. The molecule has 8 heteroatoms. The fourth-order valence-corrected chi connectivity index (χ4v) is 3.89. The molecule has 0 radical (unpaired) electrons. The van der Waals surface area contributed by atoms with Gasteiger partial charge in [0.05, 0.1) is 22.9 Å². The molecule has 0 aliphatic heterocycles. The van der Waals surface area contributed by atoms with Gasteiger partial charge >= 0.3 is 5.97 Å². The maximum absolute atomic E-state index is 12.3. The van der Waals surface area contributed by atoms with Crippen molar-refractivity contribution in [2.45, 2.75) is 43.5 Å². The number of ether oxygens (including phenoxy) is 1. The van der Waals surface area contributed by atoms with Crippen molar-refractivity contribution in [1.29, 1.82) is 5.26 Å². The summed E-state index contributed by atoms with van der Waals surface area (Å²) in [5.41, 5.74) is 0.872. The predicted molar refractivity (Wildman–Crippen MR) is 103 cm³/mol. The van der Waals surface area contributed by atoms with Gasteiger partial charge in [-0.05, 0) is 44.1 Å². The maximum atomic E-state index is 12.3. The van der Waals surface area contributed by atoms with Gasteiger partial charge in [-0.25, -0.2) is 4.98 Å². The Labute approximate surface area is 162 Å². The summed E-state index contributed by atoms with van der Waals surface area (Å²) < 4.78 is 6.96. The lowest BCUT2D eigenvalue weighted by Crippen LogP contribution is -2.46. The molecule has 0 atom stereocenters. The number of thioether (sulfide) groups is 1. The van der Waals surface area contributed by atoms with Gasteiger partial charge in [-0.2, -0.15) is 17.0 Å². The molecule has 1 aliphatic carbocycles. The van der Waals surface area contributed by atoms with Crippen molar-refractivity contribution >= 4 is 34.7 Å². The molecule has 1 N–H and O–H groups in total. The summed E-state index contributed by atoms with van der Waals surface area (Å²) in [6, 6.07) is 9.79. The minimum absolute atomic E-state index is 0.00687. The van der Waals surface area contributed by atoms with Crippen LogP contribution in [0.15, 0.2) is 24.3 Å². The number of aromatic nitrogens is 2. The van der Waals surface area contributed by atoms with E-state index in [9.17, 15) is 14.9 Å². The highest BCUT2D eigenvalue weighted by Gasteiger charge is 2.35. The zero-order valence-corrected chi connectivity index (χ0v) is 16.1. The highest BCUT2D eigenvalue weighted by Crippen LogP contribution is 2.28. The number of nitrogens with zero attached hydrogens (tertiary/aromatic N) is 3. The van der Waals surface area contributed by atoms with E-state index in [2.05, 4.69) is 16.4 Å². The van der Waals surface area contributed by atoms with E-state index >= 15 is 0 Å². The van der Waals surface area contributed by atoms with Crippen LogP contribution in [0.2, 0.25) is 0 Å². The molecule has 27 heavy (non-hydrogen) atoms. The van der Waals surface area contributed by atoms with Crippen LogP contribution in [-0.2, 0) is 26.6 Å². The van der Waals surface area contributed by atoms with Gasteiger partial charge in [0.25, 0.3) is 5.91 Å². The quantitative estimate of drug-likeness (QED) is 0.734. The van der Waals surface area contributed by atoms with E-state index in [0.717, 1.165) is 29.7 Å². The molecular weight excluding hydrogens is 364 g/mol. The van der Waals surface area contributed by atoms with Gasteiger partial charge in [0.1, 0.15) is 17.9 Å². The topological polar surface area (TPSA) is 97.0 Å². The number of carbonyl (C=O) groups excluding carboxylic acids is 2. The van der Waals surface area contributed by atoms with Crippen LogP contribution in [0.3, 0.4) is 0 Å². The van der Waals surface area contributed by atoms with Crippen LogP contribution in [0.4, 0.5) is 0 Å². The molecule has 1 aromatic carbocycles. The van der Waals surface area contributed by atoms with Crippen molar-refractivity contribution in [3.63, 3.8) is 0 Å². The molecular formula is C19H22N4O3S. The Balaban J connectivity index is 1.61. The van der Waals surface area contributed by atoms with E-state index in [1.54, 1.807) is 11.8 Å². The number of nitrogens with one attached hydrogen (secondary N) is 1. The van der Waals surface area contributed by atoms with Gasteiger partial charge in [0.2, 0.25) is 0 Å². The number of nitriles is 1. The monoisotopic (exact) mass is 386 g/mol. The summed E-state index contributed by atoms with van der Waals surface area (Å²) in [6.07, 6.45) is 5.09. The van der Waals surface area contributed by atoms with Crippen LogP contribution >= 0.6 is 11.8 Å². The summed E-state index contributed by atoms with van der Waals surface area (Å²) in [5, 5.41) is 12.0. The standard InChI is InChI=1S/C19H22N4O3S/c1-27-12-16-21-14-6-2-3-7-15(14)23(16)10-18(25)26-11-17(24)22-19(13-20)8-4-5-9-19/h2-3,6-7H,4-5,8-12H2,1H3,(H,22,24). The number of fused-ring (bicyclic) bond motifs is 1. The minimum atomic E-state index is -0.810. The highest BCUT2D eigenvalue weighted by molar-refractivity contribution is 7.97. The lowest BCUT2D eigenvalue weighted by Gasteiger charge is -2.21. The summed E-state index contributed by atoms with van der Waals surface area (Å²) in [6.45, 7) is -0.389. The number of hydrogen-bond donors (Lipinski definition) is 1. The van der Waals surface area contributed by atoms with Crippen molar-refractivity contribution in [3.05, 3.63) is 30.1 Å². The predicted octanol–water partition coefficient (Wildman–Crippen LogP) is 2.40. The third-order valence-corrected chi connectivity index (χ3v) is 5.26. The first-order valence-electron chi connectivity index (χ1n) is 8.88. The normalized spacial score (nSPS) is 15.4. The smallest absolute Gasteiger partial charge is 0.326 e. The Hall–Kier alpha value is -2.53. The van der Waals surface area contributed by atoms with Crippen LogP contribution in [0, 0.1) is 11.3 Å². The number of imidazole rings is 1. The van der Waals surface area contributed by atoms with Crippen molar-refractivity contribution in [2.75, 3.05) is 12.9 Å². The van der Waals surface area contributed by atoms with E-state index < -0.39 is 17.4 Å². The van der Waals surface area contributed by atoms with E-state index in [1.165, 1.54) is 0 Å². The van der Waals surface area contributed by atoms with Crippen molar-refractivity contribution in [3.8, 4) is 6.07 Å². The summed E-state index contributed by atoms with van der Waals surface area (Å²) in [7, 11) is 0. The highest BCUT2D eigenvalue weighted by atomic mass is 32.2. The molecule has 3 rings (SSSR count). The molecule has 1 fully saturated rings. The van der Waals surface area contributed by atoms with Gasteiger partial charge in [0, 0.05) is 0 Å². The molecule has 1 heterocycles. The number of carbonyl (C=O) groups is 2. The molecule has 0 spiro atoms. The van der Waals surface area contributed by atoms with E-state index in [0.29, 0.717) is 18.6 Å². The molecule has 0 bridgehead atoms. The van der Waals surface area contributed by atoms with Gasteiger partial charge in [-0.3, -0.25) is 9.59 Å². The molecule has 1 aliphatic rings. The van der Waals surface area contributed by atoms with Crippen LogP contribution < -0.4 is 5.32 Å². The number of para-hydroxylation sites is 2. The number of rotatable bonds is 7. The zero-order chi connectivity index (χ0) is 19.3. The average Bonchev–Trinajstić information content (AvgIpc) is 3.26.